The summed E-state index contributed by atoms with van der Waals surface area (Å²) in [5.41, 5.74) is 1.23. The van der Waals surface area contributed by atoms with Crippen molar-refractivity contribution in [1.82, 2.24) is 15.5 Å². The third-order valence-corrected chi connectivity index (χ3v) is 4.63. The number of likely N-dealkylation sites (N-methyl/N-ethyl adjacent to an activating group) is 1. The SMILES string of the molecule is CCN(CCNC(=NC)NCCCOC(C)c1ccccc1)C1CC1. The molecule has 2 rings (SSSR count). The summed E-state index contributed by atoms with van der Waals surface area (Å²) < 4.78 is 5.90. The van der Waals surface area contributed by atoms with Gasteiger partial charge < -0.3 is 15.4 Å². The molecule has 0 heterocycles. The monoisotopic (exact) mass is 346 g/mol. The third-order valence-electron chi connectivity index (χ3n) is 4.63. The molecule has 5 nitrogen and oxygen atoms in total. The van der Waals surface area contributed by atoms with Crippen molar-refractivity contribution >= 4 is 5.96 Å². The molecule has 1 fully saturated rings. The van der Waals surface area contributed by atoms with E-state index < -0.39 is 0 Å². The van der Waals surface area contributed by atoms with Crippen molar-refractivity contribution < 1.29 is 4.74 Å². The van der Waals surface area contributed by atoms with Crippen LogP contribution < -0.4 is 10.6 Å². The Morgan fingerprint density at radius 1 is 1.24 bits per heavy atom. The lowest BCUT2D eigenvalue weighted by Crippen LogP contribution is -2.42. The first-order valence-corrected chi connectivity index (χ1v) is 9.59. The fraction of sp³-hybridized carbons (Fsp3) is 0.650. The van der Waals surface area contributed by atoms with E-state index >= 15 is 0 Å². The normalized spacial score (nSPS) is 16.1. The molecule has 0 amide bonds. The summed E-state index contributed by atoms with van der Waals surface area (Å²) in [6, 6.07) is 11.2. The molecule has 1 atom stereocenters. The first-order valence-electron chi connectivity index (χ1n) is 9.59. The molecule has 0 saturated heterocycles. The molecule has 1 saturated carbocycles. The fourth-order valence-corrected chi connectivity index (χ4v) is 2.94. The first-order chi connectivity index (χ1) is 12.2. The van der Waals surface area contributed by atoms with Gasteiger partial charge in [0.2, 0.25) is 0 Å². The molecule has 1 aromatic carbocycles. The zero-order valence-corrected chi connectivity index (χ0v) is 16.0. The van der Waals surface area contributed by atoms with Crippen LogP contribution in [0.15, 0.2) is 35.3 Å². The van der Waals surface area contributed by atoms with Crippen molar-refractivity contribution in [3.63, 3.8) is 0 Å². The highest BCUT2D eigenvalue weighted by Crippen LogP contribution is 2.25. The van der Waals surface area contributed by atoms with Crippen molar-refractivity contribution in [2.75, 3.05) is 39.8 Å². The van der Waals surface area contributed by atoms with E-state index in [4.69, 9.17) is 4.74 Å². The second-order valence-corrected chi connectivity index (χ2v) is 6.56. The van der Waals surface area contributed by atoms with Crippen molar-refractivity contribution in [2.24, 2.45) is 4.99 Å². The molecule has 5 heteroatoms. The molecule has 2 N–H and O–H groups in total. The minimum atomic E-state index is 0.140. The second-order valence-electron chi connectivity index (χ2n) is 6.56. The third kappa shape index (κ3) is 7.45. The summed E-state index contributed by atoms with van der Waals surface area (Å²) >= 11 is 0. The van der Waals surface area contributed by atoms with Gasteiger partial charge in [-0.15, -0.1) is 0 Å². The molecule has 140 valence electrons. The maximum atomic E-state index is 5.90. The molecular weight excluding hydrogens is 312 g/mol. The molecular formula is C20H34N4O. The van der Waals surface area contributed by atoms with Crippen molar-refractivity contribution in [1.29, 1.82) is 0 Å². The maximum absolute atomic E-state index is 5.90. The Bertz CT molecular complexity index is 502. The molecule has 0 bridgehead atoms. The van der Waals surface area contributed by atoms with E-state index in [-0.39, 0.29) is 6.10 Å². The van der Waals surface area contributed by atoms with E-state index in [2.05, 4.69) is 58.6 Å². The van der Waals surface area contributed by atoms with Gasteiger partial charge in [-0.25, -0.2) is 0 Å². The van der Waals surface area contributed by atoms with E-state index in [0.717, 1.165) is 51.2 Å². The number of rotatable bonds is 11. The van der Waals surface area contributed by atoms with E-state index in [1.807, 2.05) is 13.1 Å². The molecule has 0 aromatic heterocycles. The van der Waals surface area contributed by atoms with Crippen molar-refractivity contribution in [2.45, 2.75) is 45.3 Å². The van der Waals surface area contributed by atoms with Gasteiger partial charge in [-0.3, -0.25) is 9.89 Å². The van der Waals surface area contributed by atoms with Crippen LogP contribution in [0.5, 0.6) is 0 Å². The minimum Gasteiger partial charge on any atom is -0.374 e. The number of aliphatic imine (C=N–C) groups is 1. The first kappa shape index (κ1) is 19.7. The van der Waals surface area contributed by atoms with Gasteiger partial charge >= 0.3 is 0 Å². The molecule has 0 spiro atoms. The lowest BCUT2D eigenvalue weighted by atomic mass is 10.1. The Balaban J connectivity index is 1.53. The maximum Gasteiger partial charge on any atom is 0.191 e. The molecule has 1 aliphatic carbocycles. The summed E-state index contributed by atoms with van der Waals surface area (Å²) in [7, 11) is 1.82. The molecule has 0 aliphatic heterocycles. The zero-order valence-electron chi connectivity index (χ0n) is 16.0. The summed E-state index contributed by atoms with van der Waals surface area (Å²) in [5.74, 6) is 0.878. The topological polar surface area (TPSA) is 48.9 Å². The van der Waals surface area contributed by atoms with Crippen LogP contribution in [-0.4, -0.2) is 56.7 Å². The molecule has 25 heavy (non-hydrogen) atoms. The Morgan fingerprint density at radius 3 is 2.60 bits per heavy atom. The highest BCUT2D eigenvalue weighted by Gasteiger charge is 2.27. The largest absolute Gasteiger partial charge is 0.374 e. The van der Waals surface area contributed by atoms with Crippen LogP contribution in [-0.2, 0) is 4.74 Å². The number of ether oxygens (including phenoxy) is 1. The van der Waals surface area contributed by atoms with Crippen molar-refractivity contribution in [3.8, 4) is 0 Å². The predicted molar refractivity (Wildman–Crippen MR) is 105 cm³/mol. The number of nitrogens with one attached hydrogen (secondary N) is 2. The van der Waals surface area contributed by atoms with Crippen molar-refractivity contribution in [3.05, 3.63) is 35.9 Å². The summed E-state index contributed by atoms with van der Waals surface area (Å²) in [5, 5.41) is 6.76. The molecule has 1 aliphatic rings. The second kappa shape index (κ2) is 11.1. The van der Waals surface area contributed by atoms with Gasteiger partial charge in [0.05, 0.1) is 6.10 Å². The lowest BCUT2D eigenvalue weighted by molar-refractivity contribution is 0.0646. The van der Waals surface area contributed by atoms with Crippen LogP contribution in [0, 0.1) is 0 Å². The van der Waals surface area contributed by atoms with Crippen LogP contribution in [0.3, 0.4) is 0 Å². The van der Waals surface area contributed by atoms with E-state index in [9.17, 15) is 0 Å². The Labute approximate surface area is 152 Å². The highest BCUT2D eigenvalue weighted by atomic mass is 16.5. The lowest BCUT2D eigenvalue weighted by Gasteiger charge is -2.20. The predicted octanol–water partition coefficient (Wildman–Crippen LogP) is 2.80. The van der Waals surface area contributed by atoms with E-state index in [0.29, 0.717) is 0 Å². The standard InChI is InChI=1S/C20H34N4O/c1-4-24(19-11-12-19)15-14-23-20(21-3)22-13-8-16-25-17(2)18-9-6-5-7-10-18/h5-7,9-10,17,19H,4,8,11-16H2,1-3H3,(H2,21,22,23). The minimum absolute atomic E-state index is 0.140. The zero-order chi connectivity index (χ0) is 17.9. The van der Waals surface area contributed by atoms with Gasteiger partial charge in [-0.1, -0.05) is 37.3 Å². The molecule has 0 radical (unpaired) electrons. The van der Waals surface area contributed by atoms with E-state index in [1.165, 1.54) is 18.4 Å². The number of nitrogens with zero attached hydrogens (tertiary/aromatic N) is 2. The quantitative estimate of drug-likeness (QED) is 0.367. The fourth-order valence-electron chi connectivity index (χ4n) is 2.94. The number of guanidine groups is 1. The van der Waals surface area contributed by atoms with Gasteiger partial charge in [0, 0.05) is 39.3 Å². The van der Waals surface area contributed by atoms with Crippen LogP contribution in [0.1, 0.15) is 44.8 Å². The van der Waals surface area contributed by atoms with Gasteiger partial charge in [-0.2, -0.15) is 0 Å². The van der Waals surface area contributed by atoms with Crippen LogP contribution in [0.2, 0.25) is 0 Å². The number of benzene rings is 1. The van der Waals surface area contributed by atoms with E-state index in [1.54, 1.807) is 0 Å². The van der Waals surface area contributed by atoms with Gasteiger partial charge in [0.15, 0.2) is 5.96 Å². The van der Waals surface area contributed by atoms with Gasteiger partial charge in [-0.05, 0) is 38.3 Å². The summed E-state index contributed by atoms with van der Waals surface area (Å²) in [6.07, 6.45) is 3.83. The average Bonchev–Trinajstić information content (AvgIpc) is 3.49. The molecule has 1 aromatic rings. The number of hydrogen-bond acceptors (Lipinski definition) is 3. The summed E-state index contributed by atoms with van der Waals surface area (Å²) in [4.78, 5) is 6.83. The van der Waals surface area contributed by atoms with Gasteiger partial charge in [0.25, 0.3) is 0 Å². The number of hydrogen-bond donors (Lipinski definition) is 2. The smallest absolute Gasteiger partial charge is 0.191 e. The van der Waals surface area contributed by atoms with Gasteiger partial charge in [0.1, 0.15) is 0 Å². The Hall–Kier alpha value is -1.59. The van der Waals surface area contributed by atoms with Crippen LogP contribution in [0.4, 0.5) is 0 Å². The average molecular weight is 347 g/mol. The summed E-state index contributed by atoms with van der Waals surface area (Å²) in [6.45, 7) is 9.09. The Kier molecular flexibility index (Phi) is 8.77. The Morgan fingerprint density at radius 2 is 1.96 bits per heavy atom. The van der Waals surface area contributed by atoms with Crippen LogP contribution >= 0.6 is 0 Å². The van der Waals surface area contributed by atoms with Crippen LogP contribution in [0.25, 0.3) is 0 Å². The highest BCUT2D eigenvalue weighted by molar-refractivity contribution is 5.79. The molecule has 1 unspecified atom stereocenters.